The Morgan fingerprint density at radius 2 is 1.67 bits per heavy atom. The Morgan fingerprint density at radius 3 is 2.28 bits per heavy atom. The lowest BCUT2D eigenvalue weighted by molar-refractivity contribution is 0.0537. The molecule has 2 amide bonds. The van der Waals surface area contributed by atoms with Crippen molar-refractivity contribution in [2.24, 2.45) is 0 Å². The van der Waals surface area contributed by atoms with Gasteiger partial charge in [-0.05, 0) is 112 Å². The van der Waals surface area contributed by atoms with Gasteiger partial charge in [0.25, 0.3) is 11.8 Å². The van der Waals surface area contributed by atoms with Crippen molar-refractivity contribution in [1.82, 2.24) is 20.7 Å². The molecule has 9 nitrogen and oxygen atoms in total. The molecule has 4 rings (SSSR count). The van der Waals surface area contributed by atoms with E-state index in [-0.39, 0.29) is 11.8 Å². The number of aryl methyl sites for hydroxylation is 3. The van der Waals surface area contributed by atoms with Gasteiger partial charge in [0.1, 0.15) is 5.75 Å². The number of pyridine rings is 1. The third kappa shape index (κ3) is 8.12. The van der Waals surface area contributed by atoms with Gasteiger partial charge in [0.2, 0.25) is 0 Å². The Balaban J connectivity index is 1.33. The van der Waals surface area contributed by atoms with Crippen LogP contribution in [0.4, 0.5) is 5.69 Å². The van der Waals surface area contributed by atoms with E-state index in [9.17, 15) is 9.59 Å². The molecular formula is C34H45N5O4. The standard InChI is InChI=1S/C34H45N5O4/c1-23-11-15-35-21-28(23)22-39(29-7-9-31(42-5)10-8-29)30-13-17-38(18-14-30)26(4)12-16-36-34(41)32-24(2)19-27(20-25(32)3)33(40)37-43-6/h7-11,15,19-21,26,30H,12-14,16-18,22H2,1-6H3,(H,36,41)(H,37,40). The van der Waals surface area contributed by atoms with Crippen molar-refractivity contribution in [1.29, 1.82) is 0 Å². The van der Waals surface area contributed by atoms with Gasteiger partial charge in [-0.15, -0.1) is 0 Å². The predicted molar refractivity (Wildman–Crippen MR) is 170 cm³/mol. The molecule has 2 aromatic carbocycles. The summed E-state index contributed by atoms with van der Waals surface area (Å²) in [6.45, 7) is 11.5. The number of carbonyl (C=O) groups excluding carboxylic acids is 2. The fourth-order valence-corrected chi connectivity index (χ4v) is 5.96. The number of nitrogens with one attached hydrogen (secondary N) is 2. The molecule has 1 fully saturated rings. The van der Waals surface area contributed by atoms with Crippen LogP contribution in [0.1, 0.15) is 69.2 Å². The molecule has 0 saturated carbocycles. The fourth-order valence-electron chi connectivity index (χ4n) is 5.96. The normalized spacial score (nSPS) is 14.7. The fraction of sp³-hybridized carbons (Fsp3) is 0.441. The molecule has 2 heterocycles. The number of benzene rings is 2. The molecule has 43 heavy (non-hydrogen) atoms. The molecule has 3 aromatic rings. The number of hydrogen-bond donors (Lipinski definition) is 2. The molecule has 1 aromatic heterocycles. The zero-order chi connectivity index (χ0) is 30.9. The van der Waals surface area contributed by atoms with Crippen molar-refractivity contribution in [2.45, 2.75) is 65.6 Å². The minimum Gasteiger partial charge on any atom is -0.497 e. The average molecular weight is 588 g/mol. The van der Waals surface area contributed by atoms with Crippen LogP contribution < -0.4 is 20.4 Å². The van der Waals surface area contributed by atoms with Crippen molar-refractivity contribution >= 4 is 17.5 Å². The second kappa shape index (κ2) is 15.0. The number of hydrogen-bond acceptors (Lipinski definition) is 7. The van der Waals surface area contributed by atoms with Crippen LogP contribution >= 0.6 is 0 Å². The lowest BCUT2D eigenvalue weighted by Gasteiger charge is -2.42. The highest BCUT2D eigenvalue weighted by molar-refractivity contribution is 6.00. The molecule has 230 valence electrons. The van der Waals surface area contributed by atoms with Gasteiger partial charge in [-0.25, -0.2) is 5.48 Å². The van der Waals surface area contributed by atoms with E-state index in [4.69, 9.17) is 9.57 Å². The summed E-state index contributed by atoms with van der Waals surface area (Å²) in [5, 5.41) is 3.10. The predicted octanol–water partition coefficient (Wildman–Crippen LogP) is 4.99. The SMILES string of the molecule is CONC(=O)c1cc(C)c(C(=O)NCCC(C)N2CCC(N(Cc3cnccc3C)c3ccc(OC)cc3)CC2)c(C)c1. The van der Waals surface area contributed by atoms with Crippen LogP contribution in [0.25, 0.3) is 0 Å². The van der Waals surface area contributed by atoms with E-state index < -0.39 is 0 Å². The number of aromatic nitrogens is 1. The molecule has 1 atom stereocenters. The summed E-state index contributed by atoms with van der Waals surface area (Å²) >= 11 is 0. The molecule has 0 aliphatic carbocycles. The maximum atomic E-state index is 13.1. The lowest BCUT2D eigenvalue weighted by Crippen LogP contribution is -2.48. The number of amides is 2. The number of piperidine rings is 1. The first-order valence-corrected chi connectivity index (χ1v) is 15.0. The summed E-state index contributed by atoms with van der Waals surface area (Å²) in [7, 11) is 3.09. The highest BCUT2D eigenvalue weighted by Crippen LogP contribution is 2.29. The summed E-state index contributed by atoms with van der Waals surface area (Å²) in [4.78, 5) is 39.3. The lowest BCUT2D eigenvalue weighted by atomic mass is 9.98. The van der Waals surface area contributed by atoms with E-state index in [1.165, 1.54) is 23.9 Å². The van der Waals surface area contributed by atoms with Gasteiger partial charge < -0.3 is 19.9 Å². The number of rotatable bonds is 12. The third-order valence-electron chi connectivity index (χ3n) is 8.52. The first-order valence-electron chi connectivity index (χ1n) is 15.0. The van der Waals surface area contributed by atoms with E-state index in [1.807, 2.05) is 38.4 Å². The number of anilines is 1. The van der Waals surface area contributed by atoms with Crippen LogP contribution in [0.5, 0.6) is 5.75 Å². The van der Waals surface area contributed by atoms with Crippen molar-refractivity contribution in [3.8, 4) is 5.75 Å². The summed E-state index contributed by atoms with van der Waals surface area (Å²) in [6, 6.07) is 14.6. The molecular weight excluding hydrogens is 542 g/mol. The molecule has 0 spiro atoms. The van der Waals surface area contributed by atoms with E-state index in [2.05, 4.69) is 57.6 Å². The van der Waals surface area contributed by atoms with Gasteiger partial charge in [-0.3, -0.25) is 19.4 Å². The van der Waals surface area contributed by atoms with Gasteiger partial charge in [0, 0.05) is 67.5 Å². The van der Waals surface area contributed by atoms with E-state index >= 15 is 0 Å². The van der Waals surface area contributed by atoms with E-state index in [0.29, 0.717) is 29.8 Å². The summed E-state index contributed by atoms with van der Waals surface area (Å²) in [5.74, 6) is 0.409. The minimum absolute atomic E-state index is 0.111. The Bertz CT molecular complexity index is 1360. The van der Waals surface area contributed by atoms with Gasteiger partial charge in [0.05, 0.1) is 14.2 Å². The first-order chi connectivity index (χ1) is 20.7. The second-order valence-corrected chi connectivity index (χ2v) is 11.4. The molecule has 1 saturated heterocycles. The van der Waals surface area contributed by atoms with Crippen LogP contribution in [-0.2, 0) is 11.4 Å². The number of methoxy groups -OCH3 is 1. The minimum atomic E-state index is -0.336. The van der Waals surface area contributed by atoms with E-state index in [0.717, 1.165) is 55.8 Å². The third-order valence-corrected chi connectivity index (χ3v) is 8.52. The molecule has 0 radical (unpaired) electrons. The van der Waals surface area contributed by atoms with Crippen LogP contribution in [-0.4, -0.2) is 67.6 Å². The van der Waals surface area contributed by atoms with Crippen molar-refractivity contribution in [3.05, 3.63) is 88.2 Å². The molecule has 2 N–H and O–H groups in total. The second-order valence-electron chi connectivity index (χ2n) is 11.4. The summed E-state index contributed by atoms with van der Waals surface area (Å²) in [6.07, 6.45) is 6.81. The number of ether oxygens (including phenoxy) is 1. The number of carbonyl (C=O) groups is 2. The van der Waals surface area contributed by atoms with Crippen LogP contribution in [0.3, 0.4) is 0 Å². The quantitative estimate of drug-likeness (QED) is 0.289. The van der Waals surface area contributed by atoms with Crippen molar-refractivity contribution in [2.75, 3.05) is 38.8 Å². The summed E-state index contributed by atoms with van der Waals surface area (Å²) < 4.78 is 5.40. The maximum Gasteiger partial charge on any atom is 0.274 e. The topological polar surface area (TPSA) is 96.0 Å². The smallest absolute Gasteiger partial charge is 0.274 e. The van der Waals surface area contributed by atoms with Gasteiger partial charge >= 0.3 is 0 Å². The summed E-state index contributed by atoms with van der Waals surface area (Å²) in [5.41, 5.74) is 8.60. The van der Waals surface area contributed by atoms with Gasteiger partial charge in [0.15, 0.2) is 0 Å². The van der Waals surface area contributed by atoms with Crippen LogP contribution in [0.15, 0.2) is 54.9 Å². The highest BCUT2D eigenvalue weighted by atomic mass is 16.6. The maximum absolute atomic E-state index is 13.1. The Morgan fingerprint density at radius 1 is 1.00 bits per heavy atom. The van der Waals surface area contributed by atoms with Crippen LogP contribution in [0.2, 0.25) is 0 Å². The molecule has 0 bridgehead atoms. The first kappa shape index (κ1) is 32.0. The molecule has 1 unspecified atom stereocenters. The highest BCUT2D eigenvalue weighted by Gasteiger charge is 2.28. The van der Waals surface area contributed by atoms with Crippen LogP contribution in [0, 0.1) is 20.8 Å². The largest absolute Gasteiger partial charge is 0.497 e. The van der Waals surface area contributed by atoms with Crippen molar-refractivity contribution in [3.63, 3.8) is 0 Å². The zero-order valence-electron chi connectivity index (χ0n) is 26.3. The number of likely N-dealkylation sites (tertiary alicyclic amines) is 1. The number of hydroxylamine groups is 1. The average Bonchev–Trinajstić information content (AvgIpc) is 3.00. The Labute approximate surface area is 255 Å². The van der Waals surface area contributed by atoms with Gasteiger partial charge in [-0.2, -0.15) is 0 Å². The Kier molecular flexibility index (Phi) is 11.1. The molecule has 1 aliphatic heterocycles. The monoisotopic (exact) mass is 587 g/mol. The molecule has 9 heteroatoms. The zero-order valence-corrected chi connectivity index (χ0v) is 26.3. The Hall–Kier alpha value is -3.95. The van der Waals surface area contributed by atoms with Crippen molar-refractivity contribution < 1.29 is 19.2 Å². The van der Waals surface area contributed by atoms with Gasteiger partial charge in [-0.1, -0.05) is 0 Å². The molecule has 1 aliphatic rings. The van der Waals surface area contributed by atoms with E-state index in [1.54, 1.807) is 19.2 Å². The number of nitrogens with zero attached hydrogens (tertiary/aromatic N) is 3.